The Hall–Kier alpha value is 1.16. The van der Waals surface area contributed by atoms with Crippen LogP contribution in [-0.4, -0.2) is 8.80 Å². The van der Waals surface area contributed by atoms with Crippen LogP contribution >= 0.6 is 24.8 Å². The molecule has 0 aromatic heterocycles. The molecule has 1 unspecified atom stereocenters. The van der Waals surface area contributed by atoms with Gasteiger partial charge >= 0.3 is 78.3 Å². The molecule has 0 aromatic rings. The zero-order chi connectivity index (χ0) is 13.9. The van der Waals surface area contributed by atoms with Gasteiger partial charge in [0.05, 0.1) is 0 Å². The summed E-state index contributed by atoms with van der Waals surface area (Å²) < 4.78 is 1.58. The van der Waals surface area contributed by atoms with Gasteiger partial charge in [-0.05, 0) is 5.04 Å². The third kappa shape index (κ3) is 10.5. The molecular formula is C15H31Cl2SiZr. The maximum Gasteiger partial charge on any atom is 0.0361 e. The predicted molar refractivity (Wildman–Crippen MR) is 93.3 cm³/mol. The molecule has 0 aromatic carbocycles. The molecule has 0 radical (unpaired) electrons. The molecule has 0 N–H and O–H groups in total. The van der Waals surface area contributed by atoms with E-state index in [4.69, 9.17) is 0 Å². The van der Waals surface area contributed by atoms with Gasteiger partial charge in [-0.15, -0.1) is 24.8 Å². The first-order chi connectivity index (χ1) is 7.46. The van der Waals surface area contributed by atoms with Crippen LogP contribution in [0.1, 0.15) is 41.5 Å². The molecule has 0 aliphatic heterocycles. The summed E-state index contributed by atoms with van der Waals surface area (Å²) in [5.41, 5.74) is 0.419. The van der Waals surface area contributed by atoms with Crippen LogP contribution < -0.4 is 0 Å². The van der Waals surface area contributed by atoms with Gasteiger partial charge in [-0.1, -0.05) is 33.9 Å². The van der Waals surface area contributed by atoms with E-state index in [1.54, 1.807) is 28.0 Å². The summed E-state index contributed by atoms with van der Waals surface area (Å²) in [5.74, 6) is 0.700. The second-order valence-corrected chi connectivity index (χ2v) is 12.8. The van der Waals surface area contributed by atoms with Crippen molar-refractivity contribution in [2.45, 2.75) is 59.7 Å². The van der Waals surface area contributed by atoms with Gasteiger partial charge in [0.25, 0.3) is 0 Å². The normalized spacial score (nSPS) is 17.9. The SMILES string of the molecule is CC(C)(C)C1C=CC=[C]1[Zr].C[SiH](C)C(C)(C)C.Cl.Cl. The summed E-state index contributed by atoms with van der Waals surface area (Å²) in [7, 11) is -0.359. The number of hydrogen-bond acceptors (Lipinski definition) is 0. The van der Waals surface area contributed by atoms with Gasteiger partial charge in [0.1, 0.15) is 0 Å². The van der Waals surface area contributed by atoms with E-state index in [0.29, 0.717) is 16.4 Å². The number of halogens is 2. The van der Waals surface area contributed by atoms with Crippen molar-refractivity contribution >= 4 is 33.6 Å². The zero-order valence-electron chi connectivity index (χ0n) is 13.7. The first kappa shape index (κ1) is 25.1. The van der Waals surface area contributed by atoms with Crippen LogP contribution in [0.15, 0.2) is 21.5 Å². The maximum atomic E-state index is 2.39. The second-order valence-electron chi connectivity index (χ2n) is 7.37. The fourth-order valence-corrected chi connectivity index (χ4v) is 2.77. The molecule has 1 atom stereocenters. The van der Waals surface area contributed by atoms with Crippen molar-refractivity contribution in [3.63, 3.8) is 0 Å². The van der Waals surface area contributed by atoms with Gasteiger partial charge in [0.2, 0.25) is 0 Å². The smallest absolute Gasteiger partial charge is 0.0361 e. The first-order valence-electron chi connectivity index (χ1n) is 6.56. The maximum absolute atomic E-state index is 2.39. The summed E-state index contributed by atoms with van der Waals surface area (Å²) in [6.45, 7) is 18.6. The van der Waals surface area contributed by atoms with Crippen molar-refractivity contribution < 1.29 is 24.7 Å². The minimum atomic E-state index is -0.359. The van der Waals surface area contributed by atoms with Crippen LogP contribution in [0.2, 0.25) is 18.1 Å². The Kier molecular flexibility index (Phi) is 13.2. The quantitative estimate of drug-likeness (QED) is 0.452. The summed E-state index contributed by atoms with van der Waals surface area (Å²) in [4.78, 5) is 0. The summed E-state index contributed by atoms with van der Waals surface area (Å²) in [5, 5.41) is 0.639. The van der Waals surface area contributed by atoms with Crippen molar-refractivity contribution in [1.82, 2.24) is 0 Å². The van der Waals surface area contributed by atoms with Gasteiger partial charge < -0.3 is 0 Å². The van der Waals surface area contributed by atoms with Crippen LogP contribution in [0.25, 0.3) is 0 Å². The van der Waals surface area contributed by atoms with E-state index in [-0.39, 0.29) is 33.6 Å². The summed E-state index contributed by atoms with van der Waals surface area (Å²) in [6.07, 6.45) is 6.73. The van der Waals surface area contributed by atoms with Gasteiger partial charge in [-0.2, -0.15) is 0 Å². The van der Waals surface area contributed by atoms with Gasteiger partial charge in [-0.25, -0.2) is 0 Å². The van der Waals surface area contributed by atoms with E-state index < -0.39 is 0 Å². The van der Waals surface area contributed by atoms with Crippen LogP contribution in [0, 0.1) is 11.3 Å². The fourth-order valence-electron chi connectivity index (χ4n) is 1.23. The van der Waals surface area contributed by atoms with Crippen molar-refractivity contribution in [1.29, 1.82) is 0 Å². The van der Waals surface area contributed by atoms with Crippen LogP contribution in [0.4, 0.5) is 0 Å². The van der Waals surface area contributed by atoms with E-state index in [2.05, 4.69) is 72.9 Å². The van der Waals surface area contributed by atoms with Crippen LogP contribution in [-0.2, 0) is 24.7 Å². The van der Waals surface area contributed by atoms with Crippen molar-refractivity contribution in [3.8, 4) is 0 Å². The molecule has 0 amide bonds. The van der Waals surface area contributed by atoms with E-state index in [9.17, 15) is 0 Å². The Labute approximate surface area is 150 Å². The van der Waals surface area contributed by atoms with Crippen LogP contribution in [0.3, 0.4) is 0 Å². The second kappa shape index (κ2) is 9.98. The number of hydrogen-bond donors (Lipinski definition) is 0. The average molecular weight is 402 g/mol. The Morgan fingerprint density at radius 2 is 1.37 bits per heavy atom. The molecule has 1 aliphatic rings. The molecule has 0 bridgehead atoms. The van der Waals surface area contributed by atoms with E-state index in [1.807, 2.05) is 0 Å². The Morgan fingerprint density at radius 1 is 1.00 bits per heavy atom. The summed E-state index contributed by atoms with van der Waals surface area (Å²) in [6, 6.07) is 0. The van der Waals surface area contributed by atoms with Gasteiger partial charge in [0, 0.05) is 8.80 Å². The third-order valence-corrected chi connectivity index (χ3v) is 8.22. The molecule has 19 heavy (non-hydrogen) atoms. The molecule has 113 valence electrons. The molecule has 0 fully saturated rings. The molecule has 0 nitrogen and oxygen atoms in total. The average Bonchev–Trinajstić information content (AvgIpc) is 2.49. The van der Waals surface area contributed by atoms with E-state index >= 15 is 0 Å². The number of allylic oxidation sites excluding steroid dienone is 4. The predicted octanol–water partition coefficient (Wildman–Crippen LogP) is 5.77. The zero-order valence-corrected chi connectivity index (χ0v) is 18.9. The molecule has 0 saturated heterocycles. The fraction of sp³-hybridized carbons (Fsp3) is 0.733. The minimum Gasteiger partial charge on any atom is -0.147 e. The molecule has 1 aliphatic carbocycles. The molecule has 0 spiro atoms. The largest absolute Gasteiger partial charge is 0.147 e. The Bertz CT molecular complexity index is 296. The van der Waals surface area contributed by atoms with E-state index in [1.165, 1.54) is 0 Å². The molecule has 1 rings (SSSR count). The molecule has 4 heteroatoms. The Morgan fingerprint density at radius 3 is 1.47 bits per heavy atom. The monoisotopic (exact) mass is 399 g/mol. The van der Waals surface area contributed by atoms with E-state index in [0.717, 1.165) is 0 Å². The molecule has 0 heterocycles. The minimum absolute atomic E-state index is 0. The Balaban J connectivity index is -0.000000258. The van der Waals surface area contributed by atoms with Crippen molar-refractivity contribution in [3.05, 3.63) is 21.5 Å². The van der Waals surface area contributed by atoms with Crippen molar-refractivity contribution in [2.24, 2.45) is 11.3 Å². The molecule has 0 saturated carbocycles. The van der Waals surface area contributed by atoms with Crippen LogP contribution in [0.5, 0.6) is 0 Å². The van der Waals surface area contributed by atoms with Gasteiger partial charge in [-0.3, -0.25) is 0 Å². The number of rotatable bonds is 0. The molecular weight excluding hydrogens is 370 g/mol. The third-order valence-electron chi connectivity index (χ3n) is 3.58. The van der Waals surface area contributed by atoms with Gasteiger partial charge in [0.15, 0.2) is 0 Å². The first-order valence-corrected chi connectivity index (χ1v) is 10.7. The summed E-state index contributed by atoms with van der Waals surface area (Å²) >= 11 is 1.56. The van der Waals surface area contributed by atoms with Crippen molar-refractivity contribution in [2.75, 3.05) is 0 Å². The topological polar surface area (TPSA) is 0 Å². The standard InChI is InChI=1S/C9H13.C6H16Si.2ClH.Zr/c1-9(2,3)8-6-4-5-7-8;1-6(2,3)7(4)5;;;/h4-6,8H,1-3H3;7H,1-5H3;2*1H;.